The fourth-order valence-corrected chi connectivity index (χ4v) is 2.63. The SMILES string of the molecule is COc1ccc(F)c(F)c1CN1C[C@@H](CC(=O)O)[C@H](O)C1. The first-order chi connectivity index (χ1) is 9.92. The van der Waals surface area contributed by atoms with Gasteiger partial charge < -0.3 is 14.9 Å². The molecule has 1 aliphatic heterocycles. The van der Waals surface area contributed by atoms with Crippen LogP contribution in [0.25, 0.3) is 0 Å². The Hall–Kier alpha value is -1.73. The molecule has 1 aliphatic rings. The summed E-state index contributed by atoms with van der Waals surface area (Å²) in [6.07, 6.45) is -0.941. The van der Waals surface area contributed by atoms with Gasteiger partial charge in [0.15, 0.2) is 11.6 Å². The minimum Gasteiger partial charge on any atom is -0.496 e. The molecule has 5 nitrogen and oxygen atoms in total. The molecule has 1 heterocycles. The molecular formula is C14H17F2NO4. The maximum Gasteiger partial charge on any atom is 0.303 e. The van der Waals surface area contributed by atoms with Gasteiger partial charge in [0.05, 0.1) is 19.6 Å². The Morgan fingerprint density at radius 3 is 2.76 bits per heavy atom. The molecule has 0 aromatic heterocycles. The van der Waals surface area contributed by atoms with Crippen molar-refractivity contribution in [3.63, 3.8) is 0 Å². The van der Waals surface area contributed by atoms with Crippen LogP contribution in [0, 0.1) is 17.6 Å². The number of carbonyl (C=O) groups is 1. The number of aliphatic hydroxyl groups excluding tert-OH is 1. The van der Waals surface area contributed by atoms with Crippen molar-refractivity contribution in [2.24, 2.45) is 5.92 Å². The average molecular weight is 301 g/mol. The molecule has 21 heavy (non-hydrogen) atoms. The van der Waals surface area contributed by atoms with Crippen LogP contribution in [0.3, 0.4) is 0 Å². The molecule has 0 aliphatic carbocycles. The second-order valence-electron chi connectivity index (χ2n) is 5.16. The summed E-state index contributed by atoms with van der Waals surface area (Å²) < 4.78 is 32.2. The van der Waals surface area contributed by atoms with Crippen LogP contribution in [0.2, 0.25) is 0 Å². The van der Waals surface area contributed by atoms with Crippen LogP contribution in [0.1, 0.15) is 12.0 Å². The number of hydrogen-bond acceptors (Lipinski definition) is 4. The number of carboxylic acid groups (broad SMARTS) is 1. The fourth-order valence-electron chi connectivity index (χ4n) is 2.63. The Morgan fingerprint density at radius 1 is 1.43 bits per heavy atom. The first-order valence-corrected chi connectivity index (χ1v) is 6.55. The van der Waals surface area contributed by atoms with Gasteiger partial charge in [-0.25, -0.2) is 8.78 Å². The van der Waals surface area contributed by atoms with Gasteiger partial charge in [0.2, 0.25) is 0 Å². The number of halogens is 2. The van der Waals surface area contributed by atoms with Crippen LogP contribution in [0.4, 0.5) is 8.78 Å². The standard InChI is InChI=1S/C14H17F2NO4/c1-21-12-3-2-10(15)14(16)9(12)6-17-5-8(4-13(19)20)11(18)7-17/h2-3,8,11,18H,4-7H2,1H3,(H,19,20)/t8-,11-/m1/s1. The number of aliphatic hydroxyl groups is 1. The van der Waals surface area contributed by atoms with Crippen molar-refractivity contribution in [1.82, 2.24) is 4.90 Å². The molecule has 0 unspecified atom stereocenters. The number of hydrogen-bond donors (Lipinski definition) is 2. The van der Waals surface area contributed by atoms with Gasteiger partial charge in [-0.15, -0.1) is 0 Å². The van der Waals surface area contributed by atoms with Crippen molar-refractivity contribution in [1.29, 1.82) is 0 Å². The zero-order chi connectivity index (χ0) is 15.6. The molecule has 116 valence electrons. The Labute approximate surface area is 120 Å². The Kier molecular flexibility index (Phi) is 4.74. The van der Waals surface area contributed by atoms with Gasteiger partial charge in [-0.2, -0.15) is 0 Å². The topological polar surface area (TPSA) is 70.0 Å². The van der Waals surface area contributed by atoms with E-state index in [0.29, 0.717) is 6.54 Å². The average Bonchev–Trinajstić information content (AvgIpc) is 2.75. The van der Waals surface area contributed by atoms with Crippen molar-refractivity contribution >= 4 is 5.97 Å². The van der Waals surface area contributed by atoms with E-state index in [1.165, 1.54) is 13.2 Å². The number of benzene rings is 1. The molecule has 2 N–H and O–H groups in total. The molecule has 1 fully saturated rings. The normalized spacial score (nSPS) is 22.5. The molecule has 2 rings (SSSR count). The molecule has 7 heteroatoms. The van der Waals surface area contributed by atoms with Crippen LogP contribution in [-0.4, -0.2) is 47.4 Å². The first-order valence-electron chi connectivity index (χ1n) is 6.55. The van der Waals surface area contributed by atoms with Gasteiger partial charge in [-0.05, 0) is 12.1 Å². The summed E-state index contributed by atoms with van der Waals surface area (Å²) in [6.45, 7) is 0.587. The number of ether oxygens (including phenoxy) is 1. The molecule has 0 radical (unpaired) electrons. The van der Waals surface area contributed by atoms with Crippen LogP contribution in [0.15, 0.2) is 12.1 Å². The Bertz CT molecular complexity index is 538. The number of carboxylic acids is 1. The molecule has 0 amide bonds. The lowest BCUT2D eigenvalue weighted by atomic mass is 10.0. The monoisotopic (exact) mass is 301 g/mol. The highest BCUT2D eigenvalue weighted by atomic mass is 19.2. The third kappa shape index (κ3) is 3.48. The van der Waals surface area contributed by atoms with E-state index >= 15 is 0 Å². The van der Waals surface area contributed by atoms with Crippen LogP contribution in [-0.2, 0) is 11.3 Å². The van der Waals surface area contributed by atoms with Gasteiger partial charge in [0, 0.05) is 31.1 Å². The molecule has 1 aromatic rings. The number of likely N-dealkylation sites (tertiary alicyclic amines) is 1. The summed E-state index contributed by atoms with van der Waals surface area (Å²) in [5, 5.41) is 18.6. The number of nitrogens with zero attached hydrogens (tertiary/aromatic N) is 1. The molecule has 0 saturated carbocycles. The zero-order valence-electron chi connectivity index (χ0n) is 11.6. The lowest BCUT2D eigenvalue weighted by Crippen LogP contribution is -2.22. The summed E-state index contributed by atoms with van der Waals surface area (Å²) in [5.74, 6) is -3.12. The lowest BCUT2D eigenvalue weighted by molar-refractivity contribution is -0.138. The van der Waals surface area contributed by atoms with E-state index in [4.69, 9.17) is 9.84 Å². The highest BCUT2D eigenvalue weighted by Crippen LogP contribution is 2.28. The van der Waals surface area contributed by atoms with E-state index < -0.39 is 29.6 Å². The lowest BCUT2D eigenvalue weighted by Gasteiger charge is -2.18. The molecular weight excluding hydrogens is 284 g/mol. The van der Waals surface area contributed by atoms with Crippen molar-refractivity contribution in [3.05, 3.63) is 29.3 Å². The largest absolute Gasteiger partial charge is 0.496 e. The Morgan fingerprint density at radius 2 is 2.14 bits per heavy atom. The minimum atomic E-state index is -0.990. The Balaban J connectivity index is 2.13. The second kappa shape index (κ2) is 6.36. The van der Waals surface area contributed by atoms with Gasteiger partial charge in [0.1, 0.15) is 5.75 Å². The minimum absolute atomic E-state index is 0.0555. The highest BCUT2D eigenvalue weighted by Gasteiger charge is 2.33. The summed E-state index contributed by atoms with van der Waals surface area (Å²) in [5.41, 5.74) is 0.0701. The summed E-state index contributed by atoms with van der Waals surface area (Å²) >= 11 is 0. The summed E-state index contributed by atoms with van der Waals surface area (Å²) in [6, 6.07) is 2.33. The van der Waals surface area contributed by atoms with Crippen molar-refractivity contribution in [2.45, 2.75) is 19.1 Å². The van der Waals surface area contributed by atoms with Crippen LogP contribution < -0.4 is 4.74 Å². The van der Waals surface area contributed by atoms with E-state index in [2.05, 4.69) is 0 Å². The van der Waals surface area contributed by atoms with E-state index in [1.807, 2.05) is 0 Å². The van der Waals surface area contributed by atoms with E-state index in [1.54, 1.807) is 4.90 Å². The predicted molar refractivity (Wildman–Crippen MR) is 69.9 cm³/mol. The van der Waals surface area contributed by atoms with Gasteiger partial charge >= 0.3 is 5.97 Å². The van der Waals surface area contributed by atoms with Crippen LogP contribution in [0.5, 0.6) is 5.75 Å². The fraction of sp³-hybridized carbons (Fsp3) is 0.500. The third-order valence-electron chi connectivity index (χ3n) is 3.67. The first kappa shape index (κ1) is 15.7. The quantitative estimate of drug-likeness (QED) is 0.856. The molecule has 0 spiro atoms. The van der Waals surface area contributed by atoms with Gasteiger partial charge in [0.25, 0.3) is 0 Å². The number of β-amino-alcohol motifs (C(OH)–C–C–N with tert-alkyl or cyclic N) is 1. The van der Waals surface area contributed by atoms with Crippen molar-refractivity contribution < 1.29 is 28.5 Å². The molecule has 1 aromatic carbocycles. The van der Waals surface area contributed by atoms with E-state index in [9.17, 15) is 18.7 Å². The predicted octanol–water partition coefficient (Wildman–Crippen LogP) is 1.24. The number of methoxy groups -OCH3 is 1. The highest BCUT2D eigenvalue weighted by molar-refractivity contribution is 5.67. The summed E-state index contributed by atoms with van der Waals surface area (Å²) in [4.78, 5) is 12.4. The zero-order valence-corrected chi connectivity index (χ0v) is 11.6. The number of aliphatic carboxylic acids is 1. The van der Waals surface area contributed by atoms with Gasteiger partial charge in [-0.1, -0.05) is 0 Å². The second-order valence-corrected chi connectivity index (χ2v) is 5.16. The van der Waals surface area contributed by atoms with Crippen molar-refractivity contribution in [2.75, 3.05) is 20.2 Å². The van der Waals surface area contributed by atoms with E-state index in [-0.39, 0.29) is 30.8 Å². The summed E-state index contributed by atoms with van der Waals surface area (Å²) in [7, 11) is 1.36. The molecule has 1 saturated heterocycles. The maximum atomic E-state index is 13.9. The van der Waals surface area contributed by atoms with Crippen molar-refractivity contribution in [3.8, 4) is 5.75 Å². The van der Waals surface area contributed by atoms with E-state index in [0.717, 1.165) is 6.07 Å². The smallest absolute Gasteiger partial charge is 0.303 e. The maximum absolute atomic E-state index is 13.9. The third-order valence-corrected chi connectivity index (χ3v) is 3.67. The molecule has 2 atom stereocenters. The number of rotatable bonds is 5. The molecule has 0 bridgehead atoms. The van der Waals surface area contributed by atoms with Gasteiger partial charge in [-0.3, -0.25) is 9.69 Å². The van der Waals surface area contributed by atoms with Crippen LogP contribution >= 0.6 is 0 Å².